The molecule has 2 aromatic carbocycles. The Kier molecular flexibility index (Phi) is 13.0. The van der Waals surface area contributed by atoms with Crippen molar-refractivity contribution in [2.45, 2.75) is 11.8 Å². The predicted molar refractivity (Wildman–Crippen MR) is 132 cm³/mol. The molecule has 0 spiro atoms. The molecular formula is C21H29IN4O2S. The van der Waals surface area contributed by atoms with Gasteiger partial charge in [0.05, 0.1) is 13.7 Å². The molecule has 0 fully saturated rings. The summed E-state index contributed by atoms with van der Waals surface area (Å²) >= 11 is 1.80. The Hall–Kier alpha value is -1.94. The normalized spacial score (nSPS) is 10.6. The van der Waals surface area contributed by atoms with E-state index < -0.39 is 0 Å². The minimum Gasteiger partial charge on any atom is -0.497 e. The first-order valence-corrected chi connectivity index (χ1v) is 10.3. The number of carbonyl (C=O) groups excluding carboxylic acids is 1. The molecule has 2 aromatic rings. The first-order valence-electron chi connectivity index (χ1n) is 9.35. The molecule has 2 rings (SSSR count). The molecule has 0 bridgehead atoms. The minimum atomic E-state index is -0.133. The maximum atomic E-state index is 12.2. The van der Waals surface area contributed by atoms with Gasteiger partial charge >= 0.3 is 0 Å². The van der Waals surface area contributed by atoms with E-state index in [1.165, 1.54) is 4.90 Å². The van der Waals surface area contributed by atoms with Crippen molar-refractivity contribution in [1.29, 1.82) is 0 Å². The summed E-state index contributed by atoms with van der Waals surface area (Å²) in [5.41, 5.74) is 0.575. The summed E-state index contributed by atoms with van der Waals surface area (Å²) < 4.78 is 5.14. The smallest absolute Gasteiger partial charge is 0.251 e. The van der Waals surface area contributed by atoms with Gasteiger partial charge in [0.1, 0.15) is 5.75 Å². The molecule has 0 unspecified atom stereocenters. The molecule has 6 nitrogen and oxygen atoms in total. The number of aliphatic imine (C=N–C) groups is 1. The number of benzene rings is 2. The quantitative estimate of drug-likeness (QED) is 0.145. The van der Waals surface area contributed by atoms with Crippen LogP contribution in [0.1, 0.15) is 17.3 Å². The molecule has 8 heteroatoms. The number of hydrogen-bond donors (Lipinski definition) is 3. The van der Waals surface area contributed by atoms with Crippen molar-refractivity contribution in [2.24, 2.45) is 4.99 Å². The van der Waals surface area contributed by atoms with Crippen LogP contribution in [0.3, 0.4) is 0 Å². The molecule has 0 aliphatic carbocycles. The molecule has 1 amide bonds. The number of nitrogens with one attached hydrogen (secondary N) is 3. The zero-order valence-corrected chi connectivity index (χ0v) is 20.0. The highest BCUT2D eigenvalue weighted by molar-refractivity contribution is 14.0. The van der Waals surface area contributed by atoms with E-state index >= 15 is 0 Å². The molecule has 0 atom stereocenters. The lowest BCUT2D eigenvalue weighted by atomic mass is 10.2. The van der Waals surface area contributed by atoms with Crippen LogP contribution in [0.15, 0.2) is 64.5 Å². The Labute approximate surface area is 194 Å². The van der Waals surface area contributed by atoms with Crippen LogP contribution in [0.5, 0.6) is 5.75 Å². The van der Waals surface area contributed by atoms with Crippen molar-refractivity contribution in [3.63, 3.8) is 0 Å². The maximum Gasteiger partial charge on any atom is 0.251 e. The number of methoxy groups -OCH3 is 1. The first kappa shape index (κ1) is 25.1. The highest BCUT2D eigenvalue weighted by atomic mass is 127. The molecule has 0 saturated carbocycles. The highest BCUT2D eigenvalue weighted by Gasteiger charge is 2.05. The van der Waals surface area contributed by atoms with Gasteiger partial charge in [-0.05, 0) is 37.3 Å². The zero-order chi connectivity index (χ0) is 20.0. The van der Waals surface area contributed by atoms with Crippen molar-refractivity contribution in [3.05, 3.63) is 60.2 Å². The summed E-state index contributed by atoms with van der Waals surface area (Å²) in [6.45, 7) is 4.58. The van der Waals surface area contributed by atoms with E-state index in [9.17, 15) is 4.79 Å². The second-order valence-electron chi connectivity index (χ2n) is 5.84. The molecule has 0 aliphatic heterocycles. The van der Waals surface area contributed by atoms with E-state index in [4.69, 9.17) is 4.74 Å². The summed E-state index contributed by atoms with van der Waals surface area (Å²) in [6, 6.07) is 17.4. The number of rotatable bonds is 10. The van der Waals surface area contributed by atoms with Crippen LogP contribution in [-0.4, -0.2) is 50.9 Å². The fourth-order valence-corrected chi connectivity index (χ4v) is 3.19. The van der Waals surface area contributed by atoms with E-state index in [2.05, 4.69) is 33.1 Å². The second-order valence-corrected chi connectivity index (χ2v) is 7.01. The lowest BCUT2D eigenvalue weighted by Gasteiger charge is -2.11. The molecule has 3 N–H and O–H groups in total. The molecule has 0 aliphatic rings. The van der Waals surface area contributed by atoms with Crippen LogP contribution in [0.2, 0.25) is 0 Å². The standard InChI is InChI=1S/C21H28N4O2S.HI/c1-3-22-21(25-14-15-28-19-10-5-4-6-11-19)24-13-12-23-20(26)17-8-7-9-18(16-17)27-2;/h4-11,16H,3,12-15H2,1-2H3,(H,23,26)(H2,22,24,25);1H. The van der Waals surface area contributed by atoms with Gasteiger partial charge in [-0.15, -0.1) is 35.7 Å². The van der Waals surface area contributed by atoms with Gasteiger partial charge in [-0.2, -0.15) is 0 Å². The Morgan fingerprint density at radius 3 is 2.55 bits per heavy atom. The summed E-state index contributed by atoms with van der Waals surface area (Å²) in [7, 11) is 1.58. The van der Waals surface area contributed by atoms with Crippen molar-refractivity contribution < 1.29 is 9.53 Å². The number of ether oxygens (including phenoxy) is 1. The summed E-state index contributed by atoms with van der Waals surface area (Å²) in [4.78, 5) is 17.9. The number of nitrogens with zero attached hydrogens (tertiary/aromatic N) is 1. The van der Waals surface area contributed by atoms with E-state index in [1.54, 1.807) is 37.1 Å². The Morgan fingerprint density at radius 1 is 1.03 bits per heavy atom. The van der Waals surface area contributed by atoms with Crippen LogP contribution in [0.4, 0.5) is 0 Å². The predicted octanol–water partition coefficient (Wildman–Crippen LogP) is 3.39. The third-order valence-electron chi connectivity index (χ3n) is 3.75. The Morgan fingerprint density at radius 2 is 1.83 bits per heavy atom. The number of hydrogen-bond acceptors (Lipinski definition) is 4. The van der Waals surface area contributed by atoms with Crippen LogP contribution in [0.25, 0.3) is 0 Å². The number of thioether (sulfide) groups is 1. The van der Waals surface area contributed by atoms with E-state index in [1.807, 2.05) is 31.2 Å². The fourth-order valence-electron chi connectivity index (χ4n) is 2.40. The second kappa shape index (κ2) is 15.0. The van der Waals surface area contributed by atoms with Gasteiger partial charge < -0.3 is 20.7 Å². The average molecular weight is 528 g/mol. The average Bonchev–Trinajstić information content (AvgIpc) is 2.74. The molecule has 0 saturated heterocycles. The monoisotopic (exact) mass is 528 g/mol. The summed E-state index contributed by atoms with van der Waals surface area (Å²) in [5.74, 6) is 2.23. The number of amides is 1. The highest BCUT2D eigenvalue weighted by Crippen LogP contribution is 2.15. The topological polar surface area (TPSA) is 74.8 Å². The van der Waals surface area contributed by atoms with Crippen molar-refractivity contribution in [3.8, 4) is 5.75 Å². The molecule has 0 heterocycles. The van der Waals surface area contributed by atoms with Gasteiger partial charge in [0.25, 0.3) is 5.91 Å². The van der Waals surface area contributed by atoms with Crippen molar-refractivity contribution in [1.82, 2.24) is 16.0 Å². The van der Waals surface area contributed by atoms with Gasteiger partial charge in [-0.25, -0.2) is 0 Å². The van der Waals surface area contributed by atoms with Crippen LogP contribution in [0, 0.1) is 0 Å². The van der Waals surface area contributed by atoms with Crippen molar-refractivity contribution in [2.75, 3.05) is 39.0 Å². The largest absolute Gasteiger partial charge is 0.497 e. The molecular weight excluding hydrogens is 499 g/mol. The summed E-state index contributed by atoms with van der Waals surface area (Å²) in [5, 5.41) is 9.41. The van der Waals surface area contributed by atoms with Crippen LogP contribution >= 0.6 is 35.7 Å². The first-order chi connectivity index (χ1) is 13.7. The van der Waals surface area contributed by atoms with E-state index in [-0.39, 0.29) is 29.9 Å². The van der Waals surface area contributed by atoms with Gasteiger partial charge in [0.15, 0.2) is 5.96 Å². The fraction of sp³-hybridized carbons (Fsp3) is 0.333. The zero-order valence-electron chi connectivity index (χ0n) is 16.8. The van der Waals surface area contributed by atoms with Gasteiger partial charge in [0, 0.05) is 35.8 Å². The minimum absolute atomic E-state index is 0. The lowest BCUT2D eigenvalue weighted by Crippen LogP contribution is -2.39. The molecule has 0 aromatic heterocycles. The number of carbonyl (C=O) groups is 1. The van der Waals surface area contributed by atoms with Crippen LogP contribution < -0.4 is 20.7 Å². The maximum absolute atomic E-state index is 12.2. The third kappa shape index (κ3) is 9.89. The molecule has 158 valence electrons. The number of guanidine groups is 1. The lowest BCUT2D eigenvalue weighted by molar-refractivity contribution is 0.0954. The van der Waals surface area contributed by atoms with Gasteiger partial charge in [0.2, 0.25) is 0 Å². The number of halogens is 1. The van der Waals surface area contributed by atoms with Crippen LogP contribution in [-0.2, 0) is 0 Å². The van der Waals surface area contributed by atoms with E-state index in [0.717, 1.165) is 24.8 Å². The Balaban J connectivity index is 0.00000420. The van der Waals surface area contributed by atoms with Crippen molar-refractivity contribution >= 4 is 47.6 Å². The molecule has 29 heavy (non-hydrogen) atoms. The SMILES string of the molecule is CCNC(=NCCNC(=O)c1cccc(OC)c1)NCCSc1ccccc1.I. The third-order valence-corrected chi connectivity index (χ3v) is 4.76. The van der Waals surface area contributed by atoms with E-state index in [0.29, 0.717) is 24.4 Å². The molecule has 0 radical (unpaired) electrons. The van der Waals surface area contributed by atoms with Gasteiger partial charge in [-0.3, -0.25) is 9.79 Å². The Bertz CT molecular complexity index is 759. The van der Waals surface area contributed by atoms with Gasteiger partial charge in [-0.1, -0.05) is 24.3 Å². The summed E-state index contributed by atoms with van der Waals surface area (Å²) in [6.07, 6.45) is 0.